The largest absolute Gasteiger partial charge is 0.497 e. The number of benzene rings is 3. The molecule has 0 saturated carbocycles. The van der Waals surface area contributed by atoms with Crippen molar-refractivity contribution in [3.63, 3.8) is 0 Å². The molecule has 150 valence electrons. The highest BCUT2D eigenvalue weighted by Crippen LogP contribution is 2.26. The van der Waals surface area contributed by atoms with Gasteiger partial charge in [-0.2, -0.15) is 5.06 Å². The molecule has 0 bridgehead atoms. The number of hydrogen-bond donors (Lipinski definition) is 0. The number of rotatable bonds is 7. The highest BCUT2D eigenvalue weighted by molar-refractivity contribution is 5.78. The topological polar surface area (TPSA) is 38.8 Å². The quantitative estimate of drug-likeness (QED) is 0.522. The van der Waals surface area contributed by atoms with Crippen LogP contribution in [0.15, 0.2) is 66.7 Å². The minimum absolute atomic E-state index is 0.110. The Kier molecular flexibility index (Phi) is 6.55. The zero-order chi connectivity index (χ0) is 20.8. The number of aryl methyl sites for hydroxylation is 3. The number of carbonyl (C=O) groups is 1. The van der Waals surface area contributed by atoms with E-state index >= 15 is 0 Å². The van der Waals surface area contributed by atoms with Gasteiger partial charge in [0.25, 0.3) is 5.91 Å². The number of amides is 1. The Bertz CT molecular complexity index is 959. The summed E-state index contributed by atoms with van der Waals surface area (Å²) >= 11 is 0. The summed E-state index contributed by atoms with van der Waals surface area (Å²) in [5.74, 6) is 1.35. The number of hydroxylamine groups is 2. The van der Waals surface area contributed by atoms with Gasteiger partial charge < -0.3 is 9.57 Å². The van der Waals surface area contributed by atoms with Crippen LogP contribution in [0.1, 0.15) is 27.8 Å². The molecule has 0 N–H and O–H groups in total. The lowest BCUT2D eigenvalue weighted by Crippen LogP contribution is -2.35. The van der Waals surface area contributed by atoms with Crippen molar-refractivity contribution in [1.29, 1.82) is 0 Å². The van der Waals surface area contributed by atoms with E-state index in [0.717, 1.165) is 33.8 Å². The second-order valence-corrected chi connectivity index (χ2v) is 7.26. The third-order valence-corrected chi connectivity index (χ3v) is 4.74. The Morgan fingerprint density at radius 2 is 1.52 bits per heavy atom. The first-order valence-electron chi connectivity index (χ1n) is 9.69. The molecular formula is C25H27NO3. The van der Waals surface area contributed by atoms with Crippen molar-refractivity contribution < 1.29 is 14.4 Å². The van der Waals surface area contributed by atoms with E-state index in [4.69, 9.17) is 9.57 Å². The third-order valence-electron chi connectivity index (χ3n) is 4.74. The number of carbonyl (C=O) groups excluding carboxylic acids is 1. The van der Waals surface area contributed by atoms with Crippen LogP contribution in [0.4, 0.5) is 0 Å². The molecule has 3 aromatic rings. The highest BCUT2D eigenvalue weighted by atomic mass is 16.7. The monoisotopic (exact) mass is 389 g/mol. The van der Waals surface area contributed by atoms with Crippen molar-refractivity contribution in [2.24, 2.45) is 0 Å². The molecule has 1 amide bonds. The summed E-state index contributed by atoms with van der Waals surface area (Å²) < 4.78 is 5.27. The maximum Gasteiger partial charge on any atom is 0.259 e. The summed E-state index contributed by atoms with van der Waals surface area (Å²) in [7, 11) is 1.62. The standard InChI is InChI=1S/C25H27NO3/c1-18-13-19(2)25(20(3)14-18)29-26(17-21-9-6-5-7-10-21)24(27)16-22-11-8-12-23(15-22)28-4/h5-15H,16-17H2,1-4H3. The molecule has 0 unspecified atom stereocenters. The average molecular weight is 389 g/mol. The van der Waals surface area contributed by atoms with Crippen molar-refractivity contribution in [3.8, 4) is 11.5 Å². The summed E-state index contributed by atoms with van der Waals surface area (Å²) in [5, 5.41) is 1.46. The van der Waals surface area contributed by atoms with Gasteiger partial charge in [-0.3, -0.25) is 4.79 Å². The van der Waals surface area contributed by atoms with Gasteiger partial charge in [0.2, 0.25) is 0 Å². The van der Waals surface area contributed by atoms with Gasteiger partial charge in [-0.15, -0.1) is 0 Å². The van der Waals surface area contributed by atoms with Gasteiger partial charge in [0.1, 0.15) is 5.75 Å². The fourth-order valence-corrected chi connectivity index (χ4v) is 3.39. The zero-order valence-electron chi connectivity index (χ0n) is 17.4. The molecule has 0 aromatic heterocycles. The van der Waals surface area contributed by atoms with E-state index < -0.39 is 0 Å². The second-order valence-electron chi connectivity index (χ2n) is 7.26. The molecule has 0 fully saturated rings. The van der Waals surface area contributed by atoms with Crippen molar-refractivity contribution in [2.45, 2.75) is 33.7 Å². The van der Waals surface area contributed by atoms with Crippen molar-refractivity contribution in [1.82, 2.24) is 5.06 Å². The molecule has 0 radical (unpaired) electrons. The van der Waals surface area contributed by atoms with Crippen LogP contribution < -0.4 is 9.57 Å². The molecule has 0 aliphatic carbocycles. The van der Waals surface area contributed by atoms with Crippen LogP contribution in [-0.2, 0) is 17.8 Å². The van der Waals surface area contributed by atoms with E-state index in [-0.39, 0.29) is 12.3 Å². The molecule has 0 spiro atoms. The number of nitrogens with zero attached hydrogens (tertiary/aromatic N) is 1. The molecule has 29 heavy (non-hydrogen) atoms. The molecule has 3 aromatic carbocycles. The van der Waals surface area contributed by atoms with Gasteiger partial charge in [0, 0.05) is 0 Å². The second kappa shape index (κ2) is 9.28. The Morgan fingerprint density at radius 1 is 0.862 bits per heavy atom. The minimum Gasteiger partial charge on any atom is -0.497 e. The van der Waals surface area contributed by atoms with Crippen LogP contribution in [0.25, 0.3) is 0 Å². The van der Waals surface area contributed by atoms with Gasteiger partial charge >= 0.3 is 0 Å². The van der Waals surface area contributed by atoms with Crippen molar-refractivity contribution >= 4 is 5.91 Å². The van der Waals surface area contributed by atoms with Gasteiger partial charge in [-0.1, -0.05) is 60.2 Å². The molecule has 0 aliphatic rings. The van der Waals surface area contributed by atoms with E-state index in [9.17, 15) is 4.79 Å². The van der Waals surface area contributed by atoms with E-state index in [1.54, 1.807) is 7.11 Å². The van der Waals surface area contributed by atoms with Crippen LogP contribution in [0.2, 0.25) is 0 Å². The van der Waals surface area contributed by atoms with Crippen LogP contribution in [0, 0.1) is 20.8 Å². The van der Waals surface area contributed by atoms with Crippen LogP contribution in [0.3, 0.4) is 0 Å². The van der Waals surface area contributed by atoms with Crippen LogP contribution in [0.5, 0.6) is 11.5 Å². The van der Waals surface area contributed by atoms with Crippen molar-refractivity contribution in [3.05, 3.63) is 94.5 Å². The fraction of sp³-hybridized carbons (Fsp3) is 0.240. The number of methoxy groups -OCH3 is 1. The Morgan fingerprint density at radius 3 is 2.17 bits per heavy atom. The molecule has 0 atom stereocenters. The van der Waals surface area contributed by atoms with E-state index in [1.165, 1.54) is 10.6 Å². The number of ether oxygens (including phenoxy) is 1. The summed E-state index contributed by atoms with van der Waals surface area (Å²) in [6.45, 7) is 6.43. The lowest BCUT2D eigenvalue weighted by Gasteiger charge is -2.25. The predicted molar refractivity (Wildman–Crippen MR) is 115 cm³/mol. The first-order chi connectivity index (χ1) is 14.0. The third kappa shape index (κ3) is 5.38. The number of hydrogen-bond acceptors (Lipinski definition) is 3. The van der Waals surface area contributed by atoms with Gasteiger partial charge in [-0.25, -0.2) is 0 Å². The predicted octanol–water partition coefficient (Wildman–Crippen LogP) is 5.19. The Labute approximate surface area is 172 Å². The molecule has 0 saturated heterocycles. The summed E-state index contributed by atoms with van der Waals surface area (Å²) in [6.07, 6.45) is 0.230. The first kappa shape index (κ1) is 20.5. The fourth-order valence-electron chi connectivity index (χ4n) is 3.39. The first-order valence-corrected chi connectivity index (χ1v) is 9.69. The lowest BCUT2D eigenvalue weighted by molar-refractivity contribution is -0.159. The Hall–Kier alpha value is -3.27. The highest BCUT2D eigenvalue weighted by Gasteiger charge is 2.19. The molecule has 0 aliphatic heterocycles. The van der Waals surface area contributed by atoms with Gasteiger partial charge in [0.05, 0.1) is 20.1 Å². The lowest BCUT2D eigenvalue weighted by atomic mass is 10.1. The molecule has 3 rings (SSSR count). The molecular weight excluding hydrogens is 362 g/mol. The van der Waals surface area contributed by atoms with Crippen molar-refractivity contribution in [2.75, 3.05) is 7.11 Å². The van der Waals surface area contributed by atoms with E-state index in [2.05, 4.69) is 19.1 Å². The maximum absolute atomic E-state index is 13.2. The molecule has 4 nitrogen and oxygen atoms in total. The average Bonchev–Trinajstić information content (AvgIpc) is 2.70. The van der Waals surface area contributed by atoms with Crippen LogP contribution in [-0.4, -0.2) is 18.1 Å². The van der Waals surface area contributed by atoms with E-state index in [0.29, 0.717) is 6.54 Å². The normalized spacial score (nSPS) is 10.5. The summed E-state index contributed by atoms with van der Waals surface area (Å²) in [6, 6.07) is 21.5. The Balaban J connectivity index is 1.87. The zero-order valence-corrected chi connectivity index (χ0v) is 17.4. The smallest absolute Gasteiger partial charge is 0.259 e. The summed E-state index contributed by atoms with van der Waals surface area (Å²) in [5.41, 5.74) is 5.08. The van der Waals surface area contributed by atoms with Gasteiger partial charge in [-0.05, 0) is 55.2 Å². The van der Waals surface area contributed by atoms with E-state index in [1.807, 2.05) is 68.4 Å². The maximum atomic E-state index is 13.2. The van der Waals surface area contributed by atoms with Gasteiger partial charge in [0.15, 0.2) is 5.75 Å². The summed E-state index contributed by atoms with van der Waals surface area (Å²) in [4.78, 5) is 19.3. The minimum atomic E-state index is -0.110. The molecule has 4 heteroatoms. The SMILES string of the molecule is COc1cccc(CC(=O)N(Cc2ccccc2)Oc2c(C)cc(C)cc2C)c1. The molecule has 0 heterocycles. The van der Waals surface area contributed by atoms with Crippen LogP contribution >= 0.6 is 0 Å².